The van der Waals surface area contributed by atoms with Gasteiger partial charge in [-0.25, -0.2) is 0 Å². The Labute approximate surface area is 326 Å². The third kappa shape index (κ3) is 4.78. The van der Waals surface area contributed by atoms with Crippen LogP contribution in [0.5, 0.6) is 5.75 Å². The van der Waals surface area contributed by atoms with E-state index in [4.69, 9.17) is 13.6 Å². The number of ether oxygens (including phenoxy) is 1. The Kier molecular flexibility index (Phi) is 7.21. The molecule has 56 heavy (non-hydrogen) atoms. The first-order valence-electron chi connectivity index (χ1n) is 19.4. The second kappa shape index (κ2) is 12.4. The van der Waals surface area contributed by atoms with Gasteiger partial charge in [-0.1, -0.05) is 141 Å². The monoisotopic (exact) mass is 725 g/mol. The molecule has 11 rings (SSSR count). The average molecular weight is 726 g/mol. The zero-order valence-corrected chi connectivity index (χ0v) is 31.4. The van der Waals surface area contributed by atoms with Crippen molar-refractivity contribution in [3.05, 3.63) is 203 Å². The van der Waals surface area contributed by atoms with E-state index in [0.29, 0.717) is 12.3 Å². The molecular weight excluding hydrogens is 687 g/mol. The Morgan fingerprint density at radius 2 is 1.48 bits per heavy atom. The van der Waals surface area contributed by atoms with Crippen molar-refractivity contribution in [3.63, 3.8) is 0 Å². The summed E-state index contributed by atoms with van der Waals surface area (Å²) in [5.74, 6) is 2.83. The van der Waals surface area contributed by atoms with E-state index in [-0.39, 0.29) is 5.41 Å². The number of allylic oxidation sites excluding steroid dienone is 5. The third-order valence-electron chi connectivity index (χ3n) is 12.1. The lowest BCUT2D eigenvalue weighted by molar-refractivity contribution is 0.450. The lowest BCUT2D eigenvalue weighted by Crippen LogP contribution is -2.18. The largest absolute Gasteiger partial charge is 0.458 e. The number of rotatable bonds is 6. The van der Waals surface area contributed by atoms with Crippen LogP contribution in [-0.4, -0.2) is 0 Å². The predicted molar refractivity (Wildman–Crippen MR) is 229 cm³/mol. The third-order valence-corrected chi connectivity index (χ3v) is 12.1. The standard InChI is InChI=1S/C52H39NO3/c1-4-44-49(39-21-10-13-27-46(39)54-44)48(32-16-6-5-7-17-32)47-30-33-18-14-24-42(50(33)56-47)53(43-25-15-22-38-37-20-9-12-26-45(37)55-51(38)43)34-28-29-36-35-19-8-11-23-40(35)52(2,3)41(36)31-34/h4-18,20-29,31,35H,1,19,30H2,2-3H3/b48-47+/t35-/m0/s1. The van der Waals surface area contributed by atoms with Gasteiger partial charge in [0.05, 0.1) is 11.4 Å². The first-order chi connectivity index (χ1) is 27.5. The SMILES string of the molecule is C=Cc1oc2ccccc2c1/C(=C1\Cc2cccc(N(c3ccc4c(c3)C(C)(C)C3=CC=CC[C@H]34)c3cccc4c3oc3ccccc34)c2O1)c1ccccc1. The van der Waals surface area contributed by atoms with E-state index in [2.05, 4.69) is 147 Å². The topological polar surface area (TPSA) is 38.8 Å². The Morgan fingerprint density at radius 1 is 0.750 bits per heavy atom. The van der Waals surface area contributed by atoms with Gasteiger partial charge < -0.3 is 18.5 Å². The number of benzene rings is 6. The van der Waals surface area contributed by atoms with Gasteiger partial charge in [-0.15, -0.1) is 0 Å². The highest BCUT2D eigenvalue weighted by Gasteiger charge is 2.42. The van der Waals surface area contributed by atoms with Crippen LogP contribution in [0.25, 0.3) is 44.6 Å². The zero-order valence-electron chi connectivity index (χ0n) is 31.4. The number of hydrogen-bond acceptors (Lipinski definition) is 4. The van der Waals surface area contributed by atoms with Crippen molar-refractivity contribution in [1.29, 1.82) is 0 Å². The minimum Gasteiger partial charge on any atom is -0.458 e. The van der Waals surface area contributed by atoms with Crippen LogP contribution >= 0.6 is 0 Å². The molecule has 8 aromatic rings. The lowest BCUT2D eigenvalue weighted by Gasteiger charge is -2.29. The Balaban J connectivity index is 1.14. The van der Waals surface area contributed by atoms with E-state index in [1.54, 1.807) is 6.08 Å². The maximum atomic E-state index is 7.25. The fraction of sp³-hybridized carbons (Fsp3) is 0.115. The van der Waals surface area contributed by atoms with Crippen molar-refractivity contribution in [1.82, 2.24) is 0 Å². The van der Waals surface area contributed by atoms with Crippen LogP contribution in [0.2, 0.25) is 0 Å². The van der Waals surface area contributed by atoms with Crippen LogP contribution in [0.1, 0.15) is 59.8 Å². The number of hydrogen-bond donors (Lipinski definition) is 0. The second-order valence-electron chi connectivity index (χ2n) is 15.6. The van der Waals surface area contributed by atoms with E-state index < -0.39 is 0 Å². The molecule has 0 bridgehead atoms. The van der Waals surface area contributed by atoms with Gasteiger partial charge in [0.1, 0.15) is 22.7 Å². The second-order valence-corrected chi connectivity index (χ2v) is 15.6. The number of fused-ring (bicyclic) bond motifs is 8. The lowest BCUT2D eigenvalue weighted by atomic mass is 9.79. The summed E-state index contributed by atoms with van der Waals surface area (Å²) in [6, 6.07) is 47.0. The average Bonchev–Trinajstić information content (AvgIpc) is 4.00. The molecule has 4 heteroatoms. The first kappa shape index (κ1) is 32.6. The van der Waals surface area contributed by atoms with Crippen LogP contribution in [0.3, 0.4) is 0 Å². The number of nitrogens with zero attached hydrogens (tertiary/aromatic N) is 1. The minimum absolute atomic E-state index is 0.107. The van der Waals surface area contributed by atoms with Gasteiger partial charge in [-0.2, -0.15) is 0 Å². The summed E-state index contributed by atoms with van der Waals surface area (Å²) in [5, 5.41) is 3.20. The molecule has 0 unspecified atom stereocenters. The molecule has 1 atom stereocenters. The fourth-order valence-electron chi connectivity index (χ4n) is 9.56. The van der Waals surface area contributed by atoms with Gasteiger partial charge in [-0.05, 0) is 65.6 Å². The van der Waals surface area contributed by atoms with Gasteiger partial charge in [0.25, 0.3) is 0 Å². The Bertz CT molecular complexity index is 3010. The molecule has 0 radical (unpaired) electrons. The summed E-state index contributed by atoms with van der Waals surface area (Å²) >= 11 is 0. The quantitative estimate of drug-likeness (QED) is 0.171. The van der Waals surface area contributed by atoms with Gasteiger partial charge in [0.2, 0.25) is 0 Å². The van der Waals surface area contributed by atoms with E-state index in [9.17, 15) is 0 Å². The molecule has 0 saturated carbocycles. The smallest absolute Gasteiger partial charge is 0.159 e. The van der Waals surface area contributed by atoms with Crippen LogP contribution in [0.15, 0.2) is 178 Å². The van der Waals surface area contributed by atoms with Crippen molar-refractivity contribution in [2.75, 3.05) is 4.90 Å². The van der Waals surface area contributed by atoms with E-state index in [1.165, 1.54) is 16.7 Å². The number of furan rings is 2. The summed E-state index contributed by atoms with van der Waals surface area (Å²) in [7, 11) is 0. The molecule has 4 nitrogen and oxygen atoms in total. The highest BCUT2D eigenvalue weighted by molar-refractivity contribution is 6.10. The van der Waals surface area contributed by atoms with Crippen LogP contribution in [-0.2, 0) is 11.8 Å². The molecule has 0 saturated heterocycles. The first-order valence-corrected chi connectivity index (χ1v) is 19.4. The maximum absolute atomic E-state index is 7.25. The molecule has 6 aromatic carbocycles. The molecule has 2 aromatic heterocycles. The normalized spacial score (nSPS) is 17.4. The van der Waals surface area contributed by atoms with Crippen LogP contribution in [0.4, 0.5) is 17.1 Å². The number of anilines is 3. The molecule has 0 N–H and O–H groups in total. The summed E-state index contributed by atoms with van der Waals surface area (Å²) in [6.45, 7) is 8.89. The van der Waals surface area contributed by atoms with E-state index >= 15 is 0 Å². The van der Waals surface area contributed by atoms with Crippen LogP contribution < -0.4 is 9.64 Å². The van der Waals surface area contributed by atoms with E-state index in [0.717, 1.165) is 95.9 Å². The van der Waals surface area contributed by atoms with Crippen LogP contribution in [0, 0.1) is 0 Å². The molecule has 0 amide bonds. The summed E-state index contributed by atoms with van der Waals surface area (Å²) in [5.41, 5.74) is 13.8. The molecular formula is C52H39NO3. The molecule has 1 aliphatic heterocycles. The molecule has 3 heterocycles. The molecule has 0 spiro atoms. The van der Waals surface area contributed by atoms with Crippen molar-refractivity contribution in [2.24, 2.45) is 0 Å². The summed E-state index contributed by atoms with van der Waals surface area (Å²) in [6.07, 6.45) is 10.3. The molecule has 3 aliphatic rings. The summed E-state index contributed by atoms with van der Waals surface area (Å²) < 4.78 is 20.4. The minimum atomic E-state index is -0.107. The highest BCUT2D eigenvalue weighted by atomic mass is 16.5. The van der Waals surface area contributed by atoms with Gasteiger partial charge in [0.15, 0.2) is 11.3 Å². The summed E-state index contributed by atoms with van der Waals surface area (Å²) in [4.78, 5) is 2.35. The zero-order chi connectivity index (χ0) is 37.5. The van der Waals surface area contributed by atoms with Crippen molar-refractivity contribution < 1.29 is 13.6 Å². The Hall–Kier alpha value is -6.78. The van der Waals surface area contributed by atoms with Crippen molar-refractivity contribution in [2.45, 2.75) is 38.0 Å². The Morgan fingerprint density at radius 3 is 2.32 bits per heavy atom. The predicted octanol–water partition coefficient (Wildman–Crippen LogP) is 14.1. The molecule has 270 valence electrons. The van der Waals surface area contributed by atoms with Gasteiger partial charge >= 0.3 is 0 Å². The van der Waals surface area contributed by atoms with Gasteiger partial charge in [-0.3, -0.25) is 0 Å². The van der Waals surface area contributed by atoms with Crippen molar-refractivity contribution >= 4 is 61.6 Å². The fourth-order valence-corrected chi connectivity index (χ4v) is 9.56. The maximum Gasteiger partial charge on any atom is 0.159 e. The molecule has 2 aliphatic carbocycles. The highest BCUT2D eigenvalue weighted by Crippen LogP contribution is 2.56. The number of para-hydroxylation sites is 4. The molecule has 0 fully saturated rings. The van der Waals surface area contributed by atoms with Gasteiger partial charge in [0, 0.05) is 56.3 Å². The van der Waals surface area contributed by atoms with Crippen molar-refractivity contribution in [3.8, 4) is 5.75 Å². The van der Waals surface area contributed by atoms with E-state index in [1.807, 2.05) is 30.3 Å².